The Bertz CT molecular complexity index is 361. The van der Waals surface area contributed by atoms with Crippen LogP contribution in [0.3, 0.4) is 0 Å². The van der Waals surface area contributed by atoms with Crippen LogP contribution < -0.4 is 5.32 Å². The quantitative estimate of drug-likeness (QED) is 0.803. The standard InChI is InChI=1S/C14H21N3O/c18-14(17-10-2-1-3-11-17)6-9-16-12-13-4-7-15-8-5-13/h4-5,7-8,16H,1-3,6,9-12H2. The minimum absolute atomic E-state index is 0.289. The van der Waals surface area contributed by atoms with E-state index in [9.17, 15) is 4.79 Å². The molecule has 2 heterocycles. The minimum atomic E-state index is 0.289. The summed E-state index contributed by atoms with van der Waals surface area (Å²) in [5, 5.41) is 3.30. The third-order valence-electron chi connectivity index (χ3n) is 3.30. The number of likely N-dealkylation sites (tertiary alicyclic amines) is 1. The van der Waals surface area contributed by atoms with Gasteiger partial charge in [-0.2, -0.15) is 0 Å². The largest absolute Gasteiger partial charge is 0.343 e. The van der Waals surface area contributed by atoms with Crippen LogP contribution in [-0.2, 0) is 11.3 Å². The number of piperidine rings is 1. The zero-order chi connectivity index (χ0) is 12.6. The number of rotatable bonds is 5. The zero-order valence-corrected chi connectivity index (χ0v) is 10.8. The second-order valence-electron chi connectivity index (χ2n) is 4.72. The van der Waals surface area contributed by atoms with Gasteiger partial charge in [0, 0.05) is 45.0 Å². The lowest BCUT2D eigenvalue weighted by Crippen LogP contribution is -2.37. The molecular formula is C14H21N3O. The van der Waals surface area contributed by atoms with E-state index in [-0.39, 0.29) is 5.91 Å². The number of pyridine rings is 1. The Balaban J connectivity index is 1.61. The monoisotopic (exact) mass is 247 g/mol. The summed E-state index contributed by atoms with van der Waals surface area (Å²) in [5.41, 5.74) is 1.20. The zero-order valence-electron chi connectivity index (χ0n) is 10.8. The predicted molar refractivity (Wildman–Crippen MR) is 71.0 cm³/mol. The third kappa shape index (κ3) is 4.11. The van der Waals surface area contributed by atoms with Crippen LogP contribution in [0.4, 0.5) is 0 Å². The minimum Gasteiger partial charge on any atom is -0.343 e. The molecule has 0 saturated carbocycles. The number of amides is 1. The average Bonchev–Trinajstić information content (AvgIpc) is 2.45. The first-order valence-electron chi connectivity index (χ1n) is 6.73. The third-order valence-corrected chi connectivity index (χ3v) is 3.30. The predicted octanol–water partition coefficient (Wildman–Crippen LogP) is 1.57. The number of hydrogen-bond acceptors (Lipinski definition) is 3. The fourth-order valence-electron chi connectivity index (χ4n) is 2.23. The first-order chi connectivity index (χ1) is 8.86. The van der Waals surface area contributed by atoms with Crippen molar-refractivity contribution < 1.29 is 4.79 Å². The summed E-state index contributed by atoms with van der Waals surface area (Å²) in [4.78, 5) is 17.9. The highest BCUT2D eigenvalue weighted by atomic mass is 16.2. The van der Waals surface area contributed by atoms with Gasteiger partial charge in [-0.3, -0.25) is 9.78 Å². The van der Waals surface area contributed by atoms with Gasteiger partial charge in [0.15, 0.2) is 0 Å². The number of aromatic nitrogens is 1. The van der Waals surface area contributed by atoms with E-state index in [4.69, 9.17) is 0 Å². The normalized spacial score (nSPS) is 15.7. The maximum atomic E-state index is 11.9. The smallest absolute Gasteiger partial charge is 0.223 e. The molecule has 0 aliphatic carbocycles. The van der Waals surface area contributed by atoms with Crippen LogP contribution in [0.15, 0.2) is 24.5 Å². The number of carbonyl (C=O) groups excluding carboxylic acids is 1. The molecule has 1 saturated heterocycles. The van der Waals surface area contributed by atoms with Crippen LogP contribution in [0, 0.1) is 0 Å². The van der Waals surface area contributed by atoms with Gasteiger partial charge in [0.05, 0.1) is 0 Å². The van der Waals surface area contributed by atoms with Crippen molar-refractivity contribution >= 4 is 5.91 Å². The van der Waals surface area contributed by atoms with Crippen molar-refractivity contribution in [3.05, 3.63) is 30.1 Å². The Morgan fingerprint density at radius 3 is 2.67 bits per heavy atom. The maximum Gasteiger partial charge on any atom is 0.223 e. The van der Waals surface area contributed by atoms with Crippen molar-refractivity contribution in [2.24, 2.45) is 0 Å². The molecule has 0 radical (unpaired) electrons. The number of nitrogens with zero attached hydrogens (tertiary/aromatic N) is 2. The van der Waals surface area contributed by atoms with E-state index in [1.165, 1.54) is 12.0 Å². The second kappa shape index (κ2) is 7.11. The molecule has 1 N–H and O–H groups in total. The van der Waals surface area contributed by atoms with E-state index in [0.29, 0.717) is 6.42 Å². The van der Waals surface area contributed by atoms with Gasteiger partial charge in [0.1, 0.15) is 0 Å². The van der Waals surface area contributed by atoms with E-state index in [0.717, 1.165) is 39.0 Å². The molecular weight excluding hydrogens is 226 g/mol. The van der Waals surface area contributed by atoms with Crippen molar-refractivity contribution in [2.75, 3.05) is 19.6 Å². The van der Waals surface area contributed by atoms with E-state index in [2.05, 4.69) is 10.3 Å². The molecule has 2 rings (SSSR count). The number of carbonyl (C=O) groups is 1. The van der Waals surface area contributed by atoms with E-state index < -0.39 is 0 Å². The Morgan fingerprint density at radius 1 is 1.22 bits per heavy atom. The average molecular weight is 247 g/mol. The molecule has 18 heavy (non-hydrogen) atoms. The molecule has 1 aromatic heterocycles. The molecule has 4 heteroatoms. The van der Waals surface area contributed by atoms with Gasteiger partial charge in [-0.05, 0) is 37.0 Å². The number of hydrogen-bond donors (Lipinski definition) is 1. The fourth-order valence-corrected chi connectivity index (χ4v) is 2.23. The molecule has 0 atom stereocenters. The lowest BCUT2D eigenvalue weighted by molar-refractivity contribution is -0.131. The van der Waals surface area contributed by atoms with Gasteiger partial charge in [0.25, 0.3) is 0 Å². The van der Waals surface area contributed by atoms with Gasteiger partial charge in [-0.15, -0.1) is 0 Å². The van der Waals surface area contributed by atoms with Crippen molar-refractivity contribution in [2.45, 2.75) is 32.2 Å². The Hall–Kier alpha value is -1.42. The second-order valence-corrected chi connectivity index (χ2v) is 4.72. The van der Waals surface area contributed by atoms with E-state index in [1.54, 1.807) is 12.4 Å². The van der Waals surface area contributed by atoms with Gasteiger partial charge >= 0.3 is 0 Å². The number of nitrogens with one attached hydrogen (secondary N) is 1. The van der Waals surface area contributed by atoms with E-state index in [1.807, 2.05) is 17.0 Å². The highest BCUT2D eigenvalue weighted by Crippen LogP contribution is 2.09. The van der Waals surface area contributed by atoms with Crippen molar-refractivity contribution in [3.8, 4) is 0 Å². The van der Waals surface area contributed by atoms with Crippen molar-refractivity contribution in [1.29, 1.82) is 0 Å². The van der Waals surface area contributed by atoms with Gasteiger partial charge < -0.3 is 10.2 Å². The van der Waals surface area contributed by atoms with Crippen LogP contribution in [0.1, 0.15) is 31.2 Å². The van der Waals surface area contributed by atoms with Crippen molar-refractivity contribution in [3.63, 3.8) is 0 Å². The fraction of sp³-hybridized carbons (Fsp3) is 0.571. The molecule has 1 aliphatic rings. The molecule has 0 bridgehead atoms. The van der Waals surface area contributed by atoms with Crippen LogP contribution in [0.25, 0.3) is 0 Å². The summed E-state index contributed by atoms with van der Waals surface area (Å²) in [6.07, 6.45) is 7.77. The lowest BCUT2D eigenvalue weighted by Gasteiger charge is -2.26. The summed E-state index contributed by atoms with van der Waals surface area (Å²) < 4.78 is 0. The molecule has 0 unspecified atom stereocenters. The molecule has 0 aromatic carbocycles. The molecule has 4 nitrogen and oxygen atoms in total. The summed E-state index contributed by atoms with van der Waals surface area (Å²) in [6.45, 7) is 3.44. The molecule has 1 aliphatic heterocycles. The van der Waals surface area contributed by atoms with Crippen molar-refractivity contribution in [1.82, 2.24) is 15.2 Å². The van der Waals surface area contributed by atoms with E-state index >= 15 is 0 Å². The molecule has 98 valence electrons. The summed E-state index contributed by atoms with van der Waals surface area (Å²) in [7, 11) is 0. The topological polar surface area (TPSA) is 45.2 Å². The lowest BCUT2D eigenvalue weighted by atomic mass is 10.1. The van der Waals surface area contributed by atoms with Crippen LogP contribution in [0.5, 0.6) is 0 Å². The van der Waals surface area contributed by atoms with Crippen LogP contribution in [0.2, 0.25) is 0 Å². The van der Waals surface area contributed by atoms with Gasteiger partial charge in [-0.1, -0.05) is 0 Å². The molecule has 1 fully saturated rings. The first-order valence-corrected chi connectivity index (χ1v) is 6.73. The summed E-state index contributed by atoms with van der Waals surface area (Å²) >= 11 is 0. The molecule has 1 amide bonds. The highest BCUT2D eigenvalue weighted by Gasteiger charge is 2.15. The molecule has 1 aromatic rings. The summed E-state index contributed by atoms with van der Waals surface area (Å²) in [6, 6.07) is 3.97. The first kappa shape index (κ1) is 13.0. The van der Waals surface area contributed by atoms with Gasteiger partial charge in [0.2, 0.25) is 5.91 Å². The summed E-state index contributed by atoms with van der Waals surface area (Å²) in [5.74, 6) is 0.289. The molecule has 0 spiro atoms. The maximum absolute atomic E-state index is 11.9. The van der Waals surface area contributed by atoms with Gasteiger partial charge in [-0.25, -0.2) is 0 Å². The Labute approximate surface area is 108 Å². The Morgan fingerprint density at radius 2 is 1.94 bits per heavy atom. The SMILES string of the molecule is O=C(CCNCc1ccncc1)N1CCCCC1. The van der Waals surface area contributed by atoms with Crippen LogP contribution >= 0.6 is 0 Å². The van der Waals surface area contributed by atoms with Crippen LogP contribution in [-0.4, -0.2) is 35.4 Å². The highest BCUT2D eigenvalue weighted by molar-refractivity contribution is 5.76. The Kier molecular flexibility index (Phi) is 5.15.